The fraction of sp³-hybridized carbons (Fsp3) is 0.150. The van der Waals surface area contributed by atoms with Gasteiger partial charge in [-0.05, 0) is 19.1 Å². The Bertz CT molecular complexity index is 970. The van der Waals surface area contributed by atoms with Crippen molar-refractivity contribution < 1.29 is 9.53 Å². The highest BCUT2D eigenvalue weighted by Gasteiger charge is 2.21. The van der Waals surface area contributed by atoms with Gasteiger partial charge in [-0.1, -0.05) is 42.5 Å². The lowest BCUT2D eigenvalue weighted by Crippen LogP contribution is -2.12. The highest BCUT2D eigenvalue weighted by atomic mass is 35.5. The van der Waals surface area contributed by atoms with Crippen molar-refractivity contribution in [2.45, 2.75) is 6.92 Å². The van der Waals surface area contributed by atoms with Gasteiger partial charge in [0.15, 0.2) is 0 Å². The molecular weight excluding hydrogens is 382 g/mol. The number of halogens is 1. The van der Waals surface area contributed by atoms with Crippen molar-refractivity contribution >= 4 is 40.4 Å². The molecule has 0 saturated heterocycles. The number of thiazole rings is 1. The van der Waals surface area contributed by atoms with E-state index >= 15 is 0 Å². The predicted octanol–water partition coefficient (Wildman–Crippen LogP) is 4.88. The first-order valence-corrected chi connectivity index (χ1v) is 9.70. The molecule has 0 radical (unpaired) electrons. The third-order valence-electron chi connectivity index (χ3n) is 3.64. The second-order valence-electron chi connectivity index (χ2n) is 5.57. The van der Waals surface area contributed by atoms with Crippen molar-refractivity contribution in [3.63, 3.8) is 0 Å². The standard InChI is InChI=1S/C20H18ClN3O2S/c1-2-26-20(25)18-17(13-7-4-3-5-8-13)24-19(27-18)14-9-6-10-15(11-14)23-16(22)12-21/h3-11H,2,12H2,1H3,(H2,22,23). The number of rotatable bonds is 6. The van der Waals surface area contributed by atoms with Gasteiger partial charge < -0.3 is 10.5 Å². The van der Waals surface area contributed by atoms with Crippen LogP contribution in [0.15, 0.2) is 59.6 Å². The molecule has 0 spiro atoms. The average molecular weight is 400 g/mol. The third-order valence-corrected chi connectivity index (χ3v) is 5.00. The number of benzene rings is 2. The van der Waals surface area contributed by atoms with Gasteiger partial charge in [-0.2, -0.15) is 0 Å². The molecule has 1 aromatic heterocycles. The van der Waals surface area contributed by atoms with E-state index in [1.807, 2.05) is 54.6 Å². The number of aromatic nitrogens is 1. The van der Waals surface area contributed by atoms with E-state index in [1.165, 1.54) is 11.3 Å². The summed E-state index contributed by atoms with van der Waals surface area (Å²) in [5, 5.41) is 0.707. The molecule has 0 unspecified atom stereocenters. The van der Waals surface area contributed by atoms with E-state index in [0.29, 0.717) is 33.7 Å². The number of carbonyl (C=O) groups is 1. The molecule has 3 rings (SSSR count). The topological polar surface area (TPSA) is 77.6 Å². The summed E-state index contributed by atoms with van der Waals surface area (Å²) in [6.45, 7) is 2.09. The fourth-order valence-electron chi connectivity index (χ4n) is 2.47. The number of esters is 1. The molecule has 0 fully saturated rings. The largest absolute Gasteiger partial charge is 0.462 e. The summed E-state index contributed by atoms with van der Waals surface area (Å²) in [6.07, 6.45) is 0. The van der Waals surface area contributed by atoms with Crippen LogP contribution in [-0.2, 0) is 4.74 Å². The molecule has 1 heterocycles. The summed E-state index contributed by atoms with van der Waals surface area (Å²) in [5.74, 6) is 0.123. The maximum Gasteiger partial charge on any atom is 0.350 e. The first kappa shape index (κ1) is 19.1. The van der Waals surface area contributed by atoms with E-state index in [2.05, 4.69) is 4.99 Å². The van der Waals surface area contributed by atoms with Crippen molar-refractivity contribution in [3.05, 3.63) is 59.5 Å². The molecule has 0 aliphatic heterocycles. The minimum atomic E-state index is -0.374. The van der Waals surface area contributed by atoms with Gasteiger partial charge in [-0.3, -0.25) is 0 Å². The van der Waals surface area contributed by atoms with Crippen molar-refractivity contribution in [1.29, 1.82) is 0 Å². The summed E-state index contributed by atoms with van der Waals surface area (Å²) in [6, 6.07) is 17.1. The summed E-state index contributed by atoms with van der Waals surface area (Å²) >= 11 is 7.00. The number of nitrogens with zero attached hydrogens (tertiary/aromatic N) is 2. The van der Waals surface area contributed by atoms with Crippen LogP contribution >= 0.6 is 22.9 Å². The van der Waals surface area contributed by atoms with E-state index in [-0.39, 0.29) is 11.8 Å². The zero-order valence-electron chi connectivity index (χ0n) is 14.7. The lowest BCUT2D eigenvalue weighted by atomic mass is 10.1. The molecule has 7 heteroatoms. The summed E-state index contributed by atoms with van der Waals surface area (Å²) in [5.41, 5.74) is 8.72. The Labute approximate surface area is 166 Å². The maximum absolute atomic E-state index is 12.4. The Balaban J connectivity index is 2.07. The molecular formula is C20H18ClN3O2S. The van der Waals surface area contributed by atoms with Gasteiger partial charge >= 0.3 is 5.97 Å². The molecule has 5 nitrogen and oxygen atoms in total. The molecule has 0 amide bonds. The van der Waals surface area contributed by atoms with Crippen molar-refractivity contribution in [1.82, 2.24) is 4.98 Å². The number of nitrogens with two attached hydrogens (primary N) is 1. The van der Waals surface area contributed by atoms with E-state index < -0.39 is 0 Å². The smallest absolute Gasteiger partial charge is 0.350 e. The quantitative estimate of drug-likeness (QED) is 0.277. The predicted molar refractivity (Wildman–Crippen MR) is 111 cm³/mol. The van der Waals surface area contributed by atoms with E-state index in [1.54, 1.807) is 6.92 Å². The maximum atomic E-state index is 12.4. The molecule has 0 aliphatic carbocycles. The number of hydrogen-bond acceptors (Lipinski definition) is 5. The second kappa shape index (κ2) is 8.79. The van der Waals surface area contributed by atoms with E-state index in [9.17, 15) is 4.79 Å². The minimum absolute atomic E-state index is 0.159. The van der Waals surface area contributed by atoms with Crippen LogP contribution in [0.3, 0.4) is 0 Å². The summed E-state index contributed by atoms with van der Waals surface area (Å²) < 4.78 is 5.21. The molecule has 138 valence electrons. The highest BCUT2D eigenvalue weighted by molar-refractivity contribution is 7.17. The Hall–Kier alpha value is -2.70. The van der Waals surface area contributed by atoms with Crippen LogP contribution in [0.25, 0.3) is 21.8 Å². The number of carbonyl (C=O) groups excluding carboxylic acids is 1. The fourth-order valence-corrected chi connectivity index (χ4v) is 3.51. The number of alkyl halides is 1. The van der Waals surface area contributed by atoms with Crippen LogP contribution in [0.5, 0.6) is 0 Å². The number of hydrogen-bond donors (Lipinski definition) is 1. The highest BCUT2D eigenvalue weighted by Crippen LogP contribution is 2.35. The zero-order valence-corrected chi connectivity index (χ0v) is 16.3. The van der Waals surface area contributed by atoms with Crippen molar-refractivity contribution in [2.24, 2.45) is 10.7 Å². The SMILES string of the molecule is CCOC(=O)c1sc(-c2cccc(N=C(N)CCl)c2)nc1-c1ccccc1. The molecule has 3 aromatic rings. The average Bonchev–Trinajstić information content (AvgIpc) is 3.14. The van der Waals surface area contributed by atoms with E-state index in [0.717, 1.165) is 11.1 Å². The van der Waals surface area contributed by atoms with Crippen LogP contribution < -0.4 is 5.73 Å². The van der Waals surface area contributed by atoms with Gasteiger partial charge in [-0.15, -0.1) is 22.9 Å². The molecule has 0 saturated carbocycles. The van der Waals surface area contributed by atoms with Crippen LogP contribution in [-0.4, -0.2) is 29.3 Å². The summed E-state index contributed by atoms with van der Waals surface area (Å²) in [7, 11) is 0. The minimum Gasteiger partial charge on any atom is -0.462 e. The van der Waals surface area contributed by atoms with Gasteiger partial charge in [0.05, 0.1) is 23.9 Å². The van der Waals surface area contributed by atoms with Crippen molar-refractivity contribution in [2.75, 3.05) is 12.5 Å². The normalized spacial score (nSPS) is 11.4. The van der Waals surface area contributed by atoms with Gasteiger partial charge in [-0.25, -0.2) is 14.8 Å². The van der Waals surface area contributed by atoms with Gasteiger partial charge in [0, 0.05) is 11.1 Å². The van der Waals surface area contributed by atoms with Crippen LogP contribution in [0, 0.1) is 0 Å². The van der Waals surface area contributed by atoms with Gasteiger partial charge in [0.2, 0.25) is 0 Å². The molecule has 0 bridgehead atoms. The second-order valence-corrected chi connectivity index (χ2v) is 6.84. The Morgan fingerprint density at radius 3 is 2.63 bits per heavy atom. The molecule has 2 N–H and O–H groups in total. The monoisotopic (exact) mass is 399 g/mol. The Morgan fingerprint density at radius 1 is 1.19 bits per heavy atom. The summed E-state index contributed by atoms with van der Waals surface area (Å²) in [4.78, 5) is 21.9. The number of ether oxygens (including phenoxy) is 1. The lowest BCUT2D eigenvalue weighted by Gasteiger charge is -2.01. The van der Waals surface area contributed by atoms with Gasteiger partial charge in [0.25, 0.3) is 0 Å². The molecule has 2 aromatic carbocycles. The number of amidine groups is 1. The Morgan fingerprint density at radius 2 is 1.93 bits per heavy atom. The Kier molecular flexibility index (Phi) is 6.21. The van der Waals surface area contributed by atoms with Crippen molar-refractivity contribution in [3.8, 4) is 21.8 Å². The molecule has 0 aliphatic rings. The van der Waals surface area contributed by atoms with Crippen LogP contribution in [0.4, 0.5) is 5.69 Å². The van der Waals surface area contributed by atoms with Crippen LogP contribution in [0.2, 0.25) is 0 Å². The lowest BCUT2D eigenvalue weighted by molar-refractivity contribution is 0.0532. The van der Waals surface area contributed by atoms with E-state index in [4.69, 9.17) is 27.1 Å². The first-order valence-electron chi connectivity index (χ1n) is 8.35. The molecule has 27 heavy (non-hydrogen) atoms. The third kappa shape index (κ3) is 4.53. The van der Waals surface area contributed by atoms with Crippen LogP contribution in [0.1, 0.15) is 16.6 Å². The molecule has 0 atom stereocenters. The number of aliphatic imine (C=N–C) groups is 1. The van der Waals surface area contributed by atoms with Gasteiger partial charge in [0.1, 0.15) is 15.7 Å². The zero-order chi connectivity index (χ0) is 19.2. The first-order chi connectivity index (χ1) is 13.1.